The first-order chi connectivity index (χ1) is 19.4. The molecule has 0 spiro atoms. The fourth-order valence-corrected chi connectivity index (χ4v) is 6.35. The van der Waals surface area contributed by atoms with Crippen molar-refractivity contribution >= 4 is 11.8 Å². The summed E-state index contributed by atoms with van der Waals surface area (Å²) in [5.74, 6) is -1.06. The Balaban J connectivity index is 1.92. The van der Waals surface area contributed by atoms with Gasteiger partial charge < -0.3 is 28.4 Å². The van der Waals surface area contributed by atoms with Crippen LogP contribution in [0.4, 0.5) is 0 Å². The van der Waals surface area contributed by atoms with Crippen molar-refractivity contribution in [3.8, 4) is 23.0 Å². The van der Waals surface area contributed by atoms with E-state index >= 15 is 0 Å². The first kappa shape index (κ1) is 27.5. The zero-order chi connectivity index (χ0) is 28.5. The van der Waals surface area contributed by atoms with Crippen LogP contribution in [-0.4, -0.2) is 60.5 Å². The van der Waals surface area contributed by atoms with Gasteiger partial charge in [0.2, 0.25) is 0 Å². The van der Waals surface area contributed by atoms with E-state index in [1.807, 2.05) is 54.6 Å². The molecule has 0 amide bonds. The molecular formula is C31H33NO8. The van der Waals surface area contributed by atoms with Gasteiger partial charge in [-0.1, -0.05) is 42.5 Å². The van der Waals surface area contributed by atoms with Crippen LogP contribution in [0.1, 0.15) is 22.6 Å². The molecular weight excluding hydrogens is 514 g/mol. The molecule has 9 nitrogen and oxygen atoms in total. The van der Waals surface area contributed by atoms with Crippen LogP contribution < -0.4 is 24.3 Å². The maximum atomic E-state index is 15.0. The standard InChI is InChI=1S/C31H33NO8/c1-35-16-15-32-30-27-23(38-4)17-22(37-3)18-24(27)40-31(30,20-11-13-21(36-2)14-12-20)26(19-9-7-6-8-10-19)25(28(30)33)29(34)39-5/h6-14,17-18,25-26,32H,15-16H2,1-5H3/t25-,26-,30+,31+/m1/s1. The van der Waals surface area contributed by atoms with Crippen molar-refractivity contribution in [1.29, 1.82) is 0 Å². The van der Waals surface area contributed by atoms with Crippen molar-refractivity contribution in [3.05, 3.63) is 83.4 Å². The van der Waals surface area contributed by atoms with Crippen molar-refractivity contribution in [3.63, 3.8) is 0 Å². The summed E-state index contributed by atoms with van der Waals surface area (Å²) in [6.45, 7) is 0.591. The van der Waals surface area contributed by atoms with E-state index in [4.69, 9.17) is 28.4 Å². The second-order valence-electron chi connectivity index (χ2n) is 9.69. The van der Waals surface area contributed by atoms with Gasteiger partial charge in [0.05, 0.1) is 46.5 Å². The highest BCUT2D eigenvalue weighted by atomic mass is 16.5. The second kappa shape index (κ2) is 10.8. The number of benzene rings is 3. The van der Waals surface area contributed by atoms with E-state index in [0.717, 1.165) is 5.56 Å². The number of rotatable bonds is 10. The molecule has 0 saturated heterocycles. The van der Waals surface area contributed by atoms with Crippen LogP contribution in [0.25, 0.3) is 0 Å². The highest BCUT2D eigenvalue weighted by molar-refractivity contribution is 6.10. The van der Waals surface area contributed by atoms with Crippen molar-refractivity contribution in [2.24, 2.45) is 5.92 Å². The van der Waals surface area contributed by atoms with Gasteiger partial charge in [-0.2, -0.15) is 0 Å². The number of nitrogens with one attached hydrogen (secondary N) is 1. The van der Waals surface area contributed by atoms with Crippen LogP contribution in [0.2, 0.25) is 0 Å². The van der Waals surface area contributed by atoms with E-state index < -0.39 is 28.9 Å². The first-order valence-corrected chi connectivity index (χ1v) is 12.9. The Kier molecular flexibility index (Phi) is 7.44. The van der Waals surface area contributed by atoms with E-state index in [1.54, 1.807) is 33.5 Å². The lowest BCUT2D eigenvalue weighted by molar-refractivity contribution is -0.149. The quantitative estimate of drug-likeness (QED) is 0.232. The maximum Gasteiger partial charge on any atom is 0.317 e. The number of methoxy groups -OCH3 is 5. The minimum Gasteiger partial charge on any atom is -0.497 e. The third kappa shape index (κ3) is 3.83. The molecule has 1 N–H and O–H groups in total. The number of hydrogen-bond donors (Lipinski definition) is 1. The summed E-state index contributed by atoms with van der Waals surface area (Å²) in [4.78, 5) is 28.5. The Hall–Kier alpha value is -4.08. The monoisotopic (exact) mass is 547 g/mol. The number of hydrogen-bond acceptors (Lipinski definition) is 9. The number of fused-ring (bicyclic) bond motifs is 3. The molecule has 0 unspecified atom stereocenters. The molecule has 40 heavy (non-hydrogen) atoms. The predicted molar refractivity (Wildman–Crippen MR) is 146 cm³/mol. The topological polar surface area (TPSA) is 102 Å². The average molecular weight is 548 g/mol. The molecule has 3 aromatic rings. The summed E-state index contributed by atoms with van der Waals surface area (Å²) in [6, 6.07) is 20.2. The van der Waals surface area contributed by atoms with E-state index in [-0.39, 0.29) is 12.3 Å². The molecule has 1 heterocycles. The molecule has 1 saturated carbocycles. The number of ketones is 1. The van der Waals surface area contributed by atoms with Crippen LogP contribution in [0.15, 0.2) is 66.7 Å². The summed E-state index contributed by atoms with van der Waals surface area (Å²) in [5, 5.41) is 3.49. The van der Waals surface area contributed by atoms with Crippen LogP contribution in [0.3, 0.4) is 0 Å². The summed E-state index contributed by atoms with van der Waals surface area (Å²) >= 11 is 0. The highest BCUT2D eigenvalue weighted by Crippen LogP contribution is 2.69. The lowest BCUT2D eigenvalue weighted by Gasteiger charge is -2.42. The first-order valence-electron chi connectivity index (χ1n) is 12.9. The zero-order valence-corrected chi connectivity index (χ0v) is 23.2. The Bertz CT molecular complexity index is 1390. The third-order valence-corrected chi connectivity index (χ3v) is 7.95. The van der Waals surface area contributed by atoms with Gasteiger partial charge in [-0.25, -0.2) is 0 Å². The second-order valence-corrected chi connectivity index (χ2v) is 9.69. The van der Waals surface area contributed by atoms with Gasteiger partial charge in [0.25, 0.3) is 0 Å². The van der Waals surface area contributed by atoms with Crippen LogP contribution in [0.5, 0.6) is 23.0 Å². The lowest BCUT2D eigenvalue weighted by Crippen LogP contribution is -2.60. The van der Waals surface area contributed by atoms with Crippen LogP contribution in [0, 0.1) is 5.92 Å². The fourth-order valence-electron chi connectivity index (χ4n) is 6.35. The molecule has 5 rings (SSSR count). The molecule has 0 aromatic heterocycles. The summed E-state index contributed by atoms with van der Waals surface area (Å²) in [7, 11) is 7.53. The predicted octanol–water partition coefficient (Wildman–Crippen LogP) is 3.59. The number of esters is 1. The molecule has 1 fully saturated rings. The molecule has 4 atom stereocenters. The van der Waals surface area contributed by atoms with Crippen molar-refractivity contribution in [2.45, 2.75) is 17.1 Å². The Morgan fingerprint density at radius 1 is 0.900 bits per heavy atom. The molecule has 210 valence electrons. The van der Waals surface area contributed by atoms with E-state index in [0.29, 0.717) is 40.7 Å². The number of Topliss-reactive ketones (excluding diaryl/α,β-unsaturated/α-hetero) is 1. The molecule has 2 aliphatic rings. The lowest BCUT2D eigenvalue weighted by atomic mass is 9.68. The SMILES string of the molecule is COCCN[C@@]12C(=O)[C@H](C(=O)OC)[C@@H](c3ccccc3)[C@]1(c1ccc(OC)cc1)Oc1cc(OC)cc(OC)c12. The molecule has 9 heteroatoms. The smallest absolute Gasteiger partial charge is 0.317 e. The van der Waals surface area contributed by atoms with E-state index in [1.165, 1.54) is 14.2 Å². The maximum absolute atomic E-state index is 15.0. The van der Waals surface area contributed by atoms with Gasteiger partial charge in [-0.15, -0.1) is 0 Å². The van der Waals surface area contributed by atoms with Gasteiger partial charge in [-0.3, -0.25) is 14.9 Å². The minimum absolute atomic E-state index is 0.285. The minimum atomic E-state index is -1.56. The van der Waals surface area contributed by atoms with Crippen molar-refractivity contribution in [1.82, 2.24) is 5.32 Å². The van der Waals surface area contributed by atoms with Gasteiger partial charge in [0.1, 0.15) is 28.9 Å². The van der Waals surface area contributed by atoms with Crippen molar-refractivity contribution < 1.29 is 38.0 Å². The fraction of sp³-hybridized carbons (Fsp3) is 0.355. The van der Waals surface area contributed by atoms with Gasteiger partial charge >= 0.3 is 5.97 Å². The molecule has 1 aliphatic heterocycles. The Morgan fingerprint density at radius 2 is 1.60 bits per heavy atom. The highest BCUT2D eigenvalue weighted by Gasteiger charge is 2.78. The summed E-state index contributed by atoms with van der Waals surface area (Å²) < 4.78 is 34.5. The van der Waals surface area contributed by atoms with E-state index in [2.05, 4.69) is 5.32 Å². The van der Waals surface area contributed by atoms with Gasteiger partial charge in [0, 0.05) is 25.8 Å². The molecule has 0 radical (unpaired) electrons. The summed E-state index contributed by atoms with van der Waals surface area (Å²) in [5.41, 5.74) is -1.10. The third-order valence-electron chi connectivity index (χ3n) is 7.95. The number of ether oxygens (including phenoxy) is 6. The molecule has 0 bridgehead atoms. The van der Waals surface area contributed by atoms with Gasteiger partial charge in [0.15, 0.2) is 16.9 Å². The van der Waals surface area contributed by atoms with E-state index in [9.17, 15) is 9.59 Å². The van der Waals surface area contributed by atoms with Crippen LogP contribution in [-0.2, 0) is 30.2 Å². The average Bonchev–Trinajstić information content (AvgIpc) is 3.41. The normalized spacial score (nSPS) is 24.6. The largest absolute Gasteiger partial charge is 0.497 e. The number of carbonyl (C=O) groups is 2. The zero-order valence-electron chi connectivity index (χ0n) is 23.2. The number of carbonyl (C=O) groups excluding carboxylic acids is 2. The van der Waals surface area contributed by atoms with Crippen LogP contribution >= 0.6 is 0 Å². The van der Waals surface area contributed by atoms with Crippen molar-refractivity contribution in [2.75, 3.05) is 48.7 Å². The van der Waals surface area contributed by atoms with Gasteiger partial charge in [-0.05, 0) is 23.3 Å². The molecule has 3 aromatic carbocycles. The summed E-state index contributed by atoms with van der Waals surface area (Å²) in [6.07, 6.45) is 0. The Labute approximate surface area is 233 Å². The Morgan fingerprint density at radius 3 is 2.20 bits per heavy atom. The molecule has 1 aliphatic carbocycles.